The molecule has 1 aliphatic heterocycles. The lowest BCUT2D eigenvalue weighted by molar-refractivity contribution is -0.164. The number of halogens is 3. The second-order valence-electron chi connectivity index (χ2n) is 5.81. The van der Waals surface area contributed by atoms with Crippen molar-refractivity contribution in [2.45, 2.75) is 6.18 Å². The van der Waals surface area contributed by atoms with Gasteiger partial charge in [-0.25, -0.2) is 0 Å². The van der Waals surface area contributed by atoms with Gasteiger partial charge in [-0.3, -0.25) is 14.4 Å². The average molecular weight is 369 g/mol. The number of alkyl halides is 3. The molecule has 0 spiro atoms. The van der Waals surface area contributed by atoms with E-state index >= 15 is 0 Å². The molecule has 6 nitrogen and oxygen atoms in total. The molecule has 0 aromatic heterocycles. The van der Waals surface area contributed by atoms with E-state index in [0.29, 0.717) is 10.6 Å². The molecule has 0 aliphatic carbocycles. The van der Waals surface area contributed by atoms with E-state index in [9.17, 15) is 27.6 Å². The Morgan fingerprint density at radius 1 is 1.23 bits per heavy atom. The molecule has 0 N–H and O–H groups in total. The third-order valence-electron chi connectivity index (χ3n) is 3.98. The second-order valence-corrected chi connectivity index (χ2v) is 5.81. The summed E-state index contributed by atoms with van der Waals surface area (Å²) < 4.78 is 37.2. The van der Waals surface area contributed by atoms with Crippen molar-refractivity contribution in [3.05, 3.63) is 42.5 Å². The summed E-state index contributed by atoms with van der Waals surface area (Å²) in [6, 6.07) is 6.13. The fourth-order valence-corrected chi connectivity index (χ4v) is 2.54. The minimum absolute atomic E-state index is 0.0251. The summed E-state index contributed by atoms with van der Waals surface area (Å²) in [6.07, 6.45) is -3.31. The van der Waals surface area contributed by atoms with Gasteiger partial charge in [0, 0.05) is 31.4 Å². The van der Waals surface area contributed by atoms with Gasteiger partial charge in [0.25, 0.3) is 5.91 Å². The number of nitrogens with zero attached hydrogens (tertiary/aromatic N) is 3. The first kappa shape index (κ1) is 19.5. The number of anilines is 1. The van der Waals surface area contributed by atoms with Crippen molar-refractivity contribution < 1.29 is 27.6 Å². The predicted octanol–water partition coefficient (Wildman–Crippen LogP) is 1.68. The molecule has 9 heteroatoms. The molecule has 0 saturated carbocycles. The molecule has 1 fully saturated rings. The number of likely N-dealkylation sites (N-methyl/N-ethyl adjacent to an activating group) is 1. The van der Waals surface area contributed by atoms with Gasteiger partial charge in [-0.2, -0.15) is 13.2 Å². The zero-order valence-corrected chi connectivity index (χ0v) is 14.1. The third-order valence-corrected chi connectivity index (χ3v) is 3.98. The van der Waals surface area contributed by atoms with Gasteiger partial charge in [0.1, 0.15) is 13.1 Å². The minimum Gasteiger partial charge on any atom is -0.330 e. The van der Waals surface area contributed by atoms with E-state index in [1.807, 2.05) is 0 Å². The highest BCUT2D eigenvalue weighted by molar-refractivity contribution is 6.01. The number of hydrogen-bond donors (Lipinski definition) is 0. The Kier molecular flexibility index (Phi) is 5.69. The molecular formula is C17H18F3N3O3. The molecule has 1 aromatic carbocycles. The van der Waals surface area contributed by atoms with Crippen molar-refractivity contribution in [3.63, 3.8) is 0 Å². The van der Waals surface area contributed by atoms with Crippen molar-refractivity contribution in [2.75, 3.05) is 38.1 Å². The fraction of sp³-hybridized carbons (Fsp3) is 0.353. The highest BCUT2D eigenvalue weighted by atomic mass is 19.4. The van der Waals surface area contributed by atoms with E-state index < -0.39 is 31.1 Å². The monoisotopic (exact) mass is 369 g/mol. The SMILES string of the molecule is C=CC(=O)N(C)c1ccc(C(=O)N2CCN(CC(F)(F)F)C(=O)C2)cc1. The first-order valence-corrected chi connectivity index (χ1v) is 7.76. The summed E-state index contributed by atoms with van der Waals surface area (Å²) in [5.74, 6) is -1.50. The molecular weight excluding hydrogens is 351 g/mol. The molecule has 1 aliphatic rings. The Morgan fingerprint density at radius 3 is 2.35 bits per heavy atom. The largest absolute Gasteiger partial charge is 0.406 e. The maximum Gasteiger partial charge on any atom is 0.406 e. The molecule has 0 radical (unpaired) electrons. The molecule has 0 atom stereocenters. The summed E-state index contributed by atoms with van der Waals surface area (Å²) in [6.45, 7) is 1.54. The lowest BCUT2D eigenvalue weighted by atomic mass is 10.1. The van der Waals surface area contributed by atoms with Crippen LogP contribution in [0.25, 0.3) is 0 Å². The Labute approximate surface area is 148 Å². The number of carbonyl (C=O) groups is 3. The topological polar surface area (TPSA) is 60.9 Å². The van der Waals surface area contributed by atoms with E-state index in [1.165, 1.54) is 21.9 Å². The highest BCUT2D eigenvalue weighted by Crippen LogP contribution is 2.20. The first-order chi connectivity index (χ1) is 12.1. The van der Waals surface area contributed by atoms with Crippen LogP contribution in [0.5, 0.6) is 0 Å². The third kappa shape index (κ3) is 4.62. The maximum absolute atomic E-state index is 12.4. The van der Waals surface area contributed by atoms with E-state index in [1.54, 1.807) is 19.2 Å². The summed E-state index contributed by atoms with van der Waals surface area (Å²) in [5, 5.41) is 0. The molecule has 1 heterocycles. The van der Waals surface area contributed by atoms with Crippen LogP contribution < -0.4 is 4.90 Å². The van der Waals surface area contributed by atoms with E-state index in [0.717, 1.165) is 6.08 Å². The number of piperazine rings is 1. The van der Waals surface area contributed by atoms with E-state index in [-0.39, 0.29) is 24.6 Å². The minimum atomic E-state index is -4.47. The van der Waals surface area contributed by atoms with Crippen LogP contribution in [0.3, 0.4) is 0 Å². The zero-order valence-electron chi connectivity index (χ0n) is 14.1. The molecule has 140 valence electrons. The maximum atomic E-state index is 12.4. The van der Waals surface area contributed by atoms with Crippen LogP contribution in [0, 0.1) is 0 Å². The van der Waals surface area contributed by atoms with Crippen LogP contribution in [0.15, 0.2) is 36.9 Å². The molecule has 0 unspecified atom stereocenters. The predicted molar refractivity (Wildman–Crippen MR) is 88.6 cm³/mol. The van der Waals surface area contributed by atoms with E-state index in [4.69, 9.17) is 0 Å². The molecule has 3 amide bonds. The smallest absolute Gasteiger partial charge is 0.330 e. The van der Waals surface area contributed by atoms with Crippen LogP contribution in [0.1, 0.15) is 10.4 Å². The van der Waals surface area contributed by atoms with Gasteiger partial charge in [0.2, 0.25) is 11.8 Å². The van der Waals surface area contributed by atoms with Gasteiger partial charge in [-0.15, -0.1) is 0 Å². The summed E-state index contributed by atoms with van der Waals surface area (Å²) in [5.41, 5.74) is 0.836. The van der Waals surface area contributed by atoms with Gasteiger partial charge in [0.05, 0.1) is 0 Å². The standard InChI is InChI=1S/C17H18F3N3O3/c1-3-14(24)21(2)13-6-4-12(5-7-13)16(26)22-8-9-23(15(25)10-22)11-17(18,19)20/h3-7H,1,8-11H2,2H3. The number of carbonyl (C=O) groups excluding carboxylic acids is 3. The number of rotatable bonds is 4. The normalized spacial score (nSPS) is 15.0. The molecule has 1 aromatic rings. The van der Waals surface area contributed by atoms with Crippen molar-refractivity contribution in [3.8, 4) is 0 Å². The number of hydrogen-bond acceptors (Lipinski definition) is 3. The second kappa shape index (κ2) is 7.59. The molecule has 1 saturated heterocycles. The van der Waals surface area contributed by atoms with Crippen molar-refractivity contribution >= 4 is 23.4 Å². The van der Waals surface area contributed by atoms with Gasteiger partial charge in [-0.1, -0.05) is 6.58 Å². The Bertz CT molecular complexity index is 716. The van der Waals surface area contributed by atoms with Gasteiger partial charge < -0.3 is 14.7 Å². The van der Waals surface area contributed by atoms with Crippen LogP contribution in [0.4, 0.5) is 18.9 Å². The Hall–Kier alpha value is -2.84. The first-order valence-electron chi connectivity index (χ1n) is 7.76. The quantitative estimate of drug-likeness (QED) is 0.759. The van der Waals surface area contributed by atoms with Crippen molar-refractivity contribution in [2.24, 2.45) is 0 Å². The van der Waals surface area contributed by atoms with Crippen LogP contribution in [0.2, 0.25) is 0 Å². The van der Waals surface area contributed by atoms with Crippen LogP contribution >= 0.6 is 0 Å². The van der Waals surface area contributed by atoms with Crippen molar-refractivity contribution in [1.82, 2.24) is 9.80 Å². The Balaban J connectivity index is 2.03. The summed E-state index contributed by atoms with van der Waals surface area (Å²) in [4.78, 5) is 39.1. The van der Waals surface area contributed by atoms with Gasteiger partial charge in [0.15, 0.2) is 0 Å². The Morgan fingerprint density at radius 2 is 1.85 bits per heavy atom. The zero-order chi connectivity index (χ0) is 19.5. The number of benzene rings is 1. The summed E-state index contributed by atoms with van der Waals surface area (Å²) >= 11 is 0. The van der Waals surface area contributed by atoms with Crippen LogP contribution in [-0.2, 0) is 9.59 Å². The van der Waals surface area contributed by atoms with Gasteiger partial charge >= 0.3 is 6.18 Å². The fourth-order valence-electron chi connectivity index (χ4n) is 2.54. The average Bonchev–Trinajstić information content (AvgIpc) is 2.60. The lowest BCUT2D eigenvalue weighted by Crippen LogP contribution is -2.54. The molecule has 0 bridgehead atoms. The number of amides is 3. The van der Waals surface area contributed by atoms with Crippen LogP contribution in [-0.4, -0.2) is 66.9 Å². The highest BCUT2D eigenvalue weighted by Gasteiger charge is 2.36. The summed E-state index contributed by atoms with van der Waals surface area (Å²) in [7, 11) is 1.55. The lowest BCUT2D eigenvalue weighted by Gasteiger charge is -2.34. The molecule has 26 heavy (non-hydrogen) atoms. The van der Waals surface area contributed by atoms with Gasteiger partial charge in [-0.05, 0) is 30.3 Å². The molecule has 2 rings (SSSR count). The van der Waals surface area contributed by atoms with Crippen molar-refractivity contribution in [1.29, 1.82) is 0 Å². The van der Waals surface area contributed by atoms with E-state index in [2.05, 4.69) is 6.58 Å².